The van der Waals surface area contributed by atoms with Gasteiger partial charge in [0.1, 0.15) is 5.75 Å². The average Bonchev–Trinajstić information content (AvgIpc) is 3.39. The van der Waals surface area contributed by atoms with Crippen LogP contribution in [-0.2, 0) is 24.1 Å². The van der Waals surface area contributed by atoms with Crippen LogP contribution in [0, 0.1) is 0 Å². The standard InChI is InChI=1S/C21H21BrF3N5O2/c1-32-16-4-2-3-13(9-16)11-29-12-15(10-26-29)27-17(31)7-8-30-19(14-5-6-14)18(22)20(28-30)21(23,24)25/h2-4,9-10,12,14H,5-8,11H2,1H3,(H,27,31). The Hall–Kier alpha value is -2.82. The minimum absolute atomic E-state index is 0.00774. The molecule has 0 aliphatic heterocycles. The summed E-state index contributed by atoms with van der Waals surface area (Å²) in [5, 5.41) is 10.7. The van der Waals surface area contributed by atoms with Gasteiger partial charge < -0.3 is 10.1 Å². The normalized spacial score (nSPS) is 13.9. The molecular formula is C21H21BrF3N5O2. The molecule has 7 nitrogen and oxygen atoms in total. The summed E-state index contributed by atoms with van der Waals surface area (Å²) in [4.78, 5) is 12.4. The van der Waals surface area contributed by atoms with Gasteiger partial charge in [0, 0.05) is 18.5 Å². The molecule has 4 rings (SSSR count). The Morgan fingerprint density at radius 2 is 2.12 bits per heavy atom. The second-order valence-electron chi connectivity index (χ2n) is 7.62. The monoisotopic (exact) mass is 511 g/mol. The first-order valence-corrected chi connectivity index (χ1v) is 10.8. The molecule has 1 N–H and O–H groups in total. The fourth-order valence-corrected chi connectivity index (χ4v) is 4.29. The number of methoxy groups -OCH3 is 1. The first-order valence-electron chi connectivity index (χ1n) is 10.0. The van der Waals surface area contributed by atoms with Crippen LogP contribution in [0.1, 0.15) is 42.1 Å². The summed E-state index contributed by atoms with van der Waals surface area (Å²) in [6.45, 7) is 0.559. The second kappa shape index (κ2) is 8.97. The Bertz CT molecular complexity index is 1120. The fraction of sp³-hybridized carbons (Fsp3) is 0.381. The summed E-state index contributed by atoms with van der Waals surface area (Å²) >= 11 is 3.06. The van der Waals surface area contributed by atoms with Gasteiger partial charge in [-0.2, -0.15) is 23.4 Å². The molecule has 11 heteroatoms. The molecule has 0 spiro atoms. The van der Waals surface area contributed by atoms with Gasteiger partial charge in [-0.1, -0.05) is 12.1 Å². The number of benzene rings is 1. The van der Waals surface area contributed by atoms with E-state index in [9.17, 15) is 18.0 Å². The number of nitrogens with zero attached hydrogens (tertiary/aromatic N) is 4. The van der Waals surface area contributed by atoms with Gasteiger partial charge in [-0.05, 0) is 46.5 Å². The zero-order valence-electron chi connectivity index (χ0n) is 17.2. The number of ether oxygens (including phenoxy) is 1. The molecule has 1 aliphatic rings. The molecule has 170 valence electrons. The summed E-state index contributed by atoms with van der Waals surface area (Å²) in [6, 6.07) is 7.57. The van der Waals surface area contributed by atoms with E-state index in [1.165, 1.54) is 10.9 Å². The third kappa shape index (κ3) is 5.14. The predicted octanol–water partition coefficient (Wildman–Crippen LogP) is 4.82. The summed E-state index contributed by atoms with van der Waals surface area (Å²) < 4.78 is 47.8. The Kier molecular flexibility index (Phi) is 6.27. The molecule has 0 unspecified atom stereocenters. The van der Waals surface area contributed by atoms with Crippen LogP contribution in [-0.4, -0.2) is 32.6 Å². The van der Waals surface area contributed by atoms with E-state index >= 15 is 0 Å². The average molecular weight is 512 g/mol. The van der Waals surface area contributed by atoms with E-state index in [2.05, 4.69) is 31.4 Å². The van der Waals surface area contributed by atoms with Gasteiger partial charge in [0.15, 0.2) is 5.69 Å². The predicted molar refractivity (Wildman–Crippen MR) is 114 cm³/mol. The van der Waals surface area contributed by atoms with Crippen LogP contribution in [0.2, 0.25) is 0 Å². The van der Waals surface area contributed by atoms with Crippen molar-refractivity contribution in [1.82, 2.24) is 19.6 Å². The van der Waals surface area contributed by atoms with Crippen molar-refractivity contribution in [2.75, 3.05) is 12.4 Å². The van der Waals surface area contributed by atoms with E-state index in [0.29, 0.717) is 17.9 Å². The summed E-state index contributed by atoms with van der Waals surface area (Å²) in [7, 11) is 1.60. The molecule has 0 bridgehead atoms. The lowest BCUT2D eigenvalue weighted by atomic mass is 10.2. The number of amides is 1. The molecule has 3 aromatic rings. The third-order valence-electron chi connectivity index (χ3n) is 5.11. The topological polar surface area (TPSA) is 74.0 Å². The number of halogens is 4. The highest BCUT2D eigenvalue weighted by Gasteiger charge is 2.41. The first kappa shape index (κ1) is 22.4. The van der Waals surface area contributed by atoms with E-state index in [1.54, 1.807) is 18.0 Å². The summed E-state index contributed by atoms with van der Waals surface area (Å²) in [6.07, 6.45) is 0.305. The molecule has 1 amide bonds. The number of hydrogen-bond acceptors (Lipinski definition) is 4. The smallest absolute Gasteiger partial charge is 0.436 e. The first-order chi connectivity index (χ1) is 15.2. The van der Waals surface area contributed by atoms with E-state index < -0.39 is 11.9 Å². The van der Waals surface area contributed by atoms with E-state index in [4.69, 9.17) is 4.74 Å². The van der Waals surface area contributed by atoms with Crippen molar-refractivity contribution in [2.45, 2.75) is 44.4 Å². The number of aromatic nitrogens is 4. The lowest BCUT2D eigenvalue weighted by molar-refractivity contribution is -0.142. The van der Waals surface area contributed by atoms with Gasteiger partial charge in [-0.25, -0.2) is 0 Å². The van der Waals surface area contributed by atoms with Crippen LogP contribution in [0.25, 0.3) is 0 Å². The number of rotatable bonds is 8. The van der Waals surface area contributed by atoms with Gasteiger partial charge in [-0.3, -0.25) is 14.2 Å². The van der Waals surface area contributed by atoms with Crippen LogP contribution in [0.4, 0.5) is 18.9 Å². The molecule has 2 heterocycles. The molecular weight excluding hydrogens is 491 g/mol. The number of hydrogen-bond donors (Lipinski definition) is 1. The number of carbonyl (C=O) groups is 1. The molecule has 0 radical (unpaired) electrons. The van der Waals surface area contributed by atoms with Crippen LogP contribution in [0.5, 0.6) is 5.75 Å². The number of alkyl halides is 3. The van der Waals surface area contributed by atoms with Crippen molar-refractivity contribution in [3.8, 4) is 5.75 Å². The van der Waals surface area contributed by atoms with Crippen molar-refractivity contribution in [3.05, 3.63) is 58.1 Å². The molecule has 2 aromatic heterocycles. The van der Waals surface area contributed by atoms with E-state index in [1.807, 2.05) is 24.3 Å². The van der Waals surface area contributed by atoms with Crippen molar-refractivity contribution in [1.29, 1.82) is 0 Å². The highest BCUT2D eigenvalue weighted by atomic mass is 79.9. The number of nitrogens with one attached hydrogen (secondary N) is 1. The molecule has 0 saturated heterocycles. The third-order valence-corrected chi connectivity index (χ3v) is 5.89. The van der Waals surface area contributed by atoms with Gasteiger partial charge in [-0.15, -0.1) is 0 Å². The fourth-order valence-electron chi connectivity index (χ4n) is 3.45. The SMILES string of the molecule is COc1cccc(Cn2cc(NC(=O)CCn3nc(C(F)(F)F)c(Br)c3C3CC3)cn2)c1. The minimum Gasteiger partial charge on any atom is -0.497 e. The number of anilines is 1. The largest absolute Gasteiger partial charge is 0.497 e. The second-order valence-corrected chi connectivity index (χ2v) is 8.41. The van der Waals surface area contributed by atoms with Crippen LogP contribution >= 0.6 is 15.9 Å². The molecule has 1 aromatic carbocycles. The van der Waals surface area contributed by atoms with Crippen molar-refractivity contribution in [2.24, 2.45) is 0 Å². The van der Waals surface area contributed by atoms with Crippen LogP contribution in [0.15, 0.2) is 41.1 Å². The number of aryl methyl sites for hydroxylation is 1. The minimum atomic E-state index is -4.55. The lowest BCUT2D eigenvalue weighted by Gasteiger charge is -2.07. The van der Waals surface area contributed by atoms with E-state index in [-0.39, 0.29) is 29.3 Å². The highest BCUT2D eigenvalue weighted by molar-refractivity contribution is 9.10. The summed E-state index contributed by atoms with van der Waals surface area (Å²) in [5.74, 6) is 0.464. The summed E-state index contributed by atoms with van der Waals surface area (Å²) in [5.41, 5.74) is 1.07. The Labute approximate surface area is 190 Å². The number of carbonyl (C=O) groups excluding carboxylic acids is 1. The molecule has 1 saturated carbocycles. The van der Waals surface area contributed by atoms with Gasteiger partial charge >= 0.3 is 6.18 Å². The van der Waals surface area contributed by atoms with Gasteiger partial charge in [0.25, 0.3) is 0 Å². The highest BCUT2D eigenvalue weighted by Crippen LogP contribution is 2.47. The maximum Gasteiger partial charge on any atom is 0.436 e. The zero-order chi connectivity index (χ0) is 22.9. The molecule has 0 atom stereocenters. The van der Waals surface area contributed by atoms with Gasteiger partial charge in [0.2, 0.25) is 5.91 Å². The van der Waals surface area contributed by atoms with Crippen molar-refractivity contribution < 1.29 is 22.7 Å². The quantitative estimate of drug-likeness (QED) is 0.470. The van der Waals surface area contributed by atoms with E-state index in [0.717, 1.165) is 24.2 Å². The zero-order valence-corrected chi connectivity index (χ0v) is 18.8. The van der Waals surface area contributed by atoms with Crippen LogP contribution in [0.3, 0.4) is 0 Å². The molecule has 32 heavy (non-hydrogen) atoms. The lowest BCUT2D eigenvalue weighted by Crippen LogP contribution is -2.16. The Morgan fingerprint density at radius 1 is 1.34 bits per heavy atom. The van der Waals surface area contributed by atoms with Gasteiger partial charge in [0.05, 0.1) is 42.3 Å². The maximum atomic E-state index is 13.2. The molecule has 1 aliphatic carbocycles. The van der Waals surface area contributed by atoms with Crippen molar-refractivity contribution >= 4 is 27.5 Å². The van der Waals surface area contributed by atoms with Crippen molar-refractivity contribution in [3.63, 3.8) is 0 Å². The maximum absolute atomic E-state index is 13.2. The Balaban J connectivity index is 1.37. The van der Waals surface area contributed by atoms with Crippen LogP contribution < -0.4 is 10.1 Å². The Morgan fingerprint density at radius 3 is 2.81 bits per heavy atom. The molecule has 1 fully saturated rings.